The Morgan fingerprint density at radius 1 is 1.53 bits per heavy atom. The van der Waals surface area contributed by atoms with E-state index in [1.165, 1.54) is 12.8 Å². The number of carboxylic acid groups (broad SMARTS) is 1. The van der Waals surface area contributed by atoms with Crippen molar-refractivity contribution in [2.45, 2.75) is 45.2 Å². The molecular weight excluding hydrogens is 240 g/mol. The van der Waals surface area contributed by atoms with Crippen LogP contribution < -0.4 is 4.90 Å². The van der Waals surface area contributed by atoms with E-state index in [9.17, 15) is 4.79 Å². The fourth-order valence-corrected chi connectivity index (χ4v) is 2.70. The first kappa shape index (κ1) is 13.6. The van der Waals surface area contributed by atoms with E-state index < -0.39 is 5.97 Å². The highest BCUT2D eigenvalue weighted by atomic mass is 16.4. The maximum Gasteiger partial charge on any atom is 0.328 e. The van der Waals surface area contributed by atoms with Gasteiger partial charge < -0.3 is 10.0 Å². The van der Waals surface area contributed by atoms with Gasteiger partial charge in [0.15, 0.2) is 0 Å². The zero-order valence-electron chi connectivity index (χ0n) is 11.4. The molecule has 0 saturated carbocycles. The molecule has 0 aliphatic carbocycles. The molecule has 1 saturated heterocycles. The number of hydrogen-bond acceptors (Lipinski definition) is 3. The predicted molar refractivity (Wildman–Crippen MR) is 76.2 cm³/mol. The summed E-state index contributed by atoms with van der Waals surface area (Å²) in [6.07, 6.45) is 7.98. The lowest BCUT2D eigenvalue weighted by molar-refractivity contribution is -0.131. The van der Waals surface area contributed by atoms with Crippen molar-refractivity contribution in [1.82, 2.24) is 4.98 Å². The molecular formula is C15H20N2O2. The molecule has 1 aliphatic rings. The maximum absolute atomic E-state index is 10.5. The summed E-state index contributed by atoms with van der Waals surface area (Å²) in [5.41, 5.74) is 0.811. The monoisotopic (exact) mass is 260 g/mol. The van der Waals surface area contributed by atoms with Crippen LogP contribution in [0.25, 0.3) is 6.08 Å². The van der Waals surface area contributed by atoms with Crippen molar-refractivity contribution < 1.29 is 9.90 Å². The fraction of sp³-hybridized carbons (Fsp3) is 0.467. The van der Waals surface area contributed by atoms with Gasteiger partial charge in [-0.15, -0.1) is 0 Å². The highest BCUT2D eigenvalue weighted by molar-refractivity contribution is 5.85. The number of anilines is 1. The molecule has 1 aromatic rings. The smallest absolute Gasteiger partial charge is 0.328 e. The third-order valence-electron chi connectivity index (χ3n) is 3.71. The Morgan fingerprint density at radius 2 is 2.32 bits per heavy atom. The number of rotatable bonds is 4. The molecule has 0 radical (unpaired) electrons. The van der Waals surface area contributed by atoms with Crippen molar-refractivity contribution in [3.63, 3.8) is 0 Å². The number of nitrogens with zero attached hydrogens (tertiary/aromatic N) is 2. The highest BCUT2D eigenvalue weighted by Crippen LogP contribution is 2.30. The first-order chi connectivity index (χ1) is 9.11. The van der Waals surface area contributed by atoms with Gasteiger partial charge in [0, 0.05) is 24.4 Å². The van der Waals surface area contributed by atoms with Crippen molar-refractivity contribution in [2.24, 2.45) is 0 Å². The average Bonchev–Trinajstić information content (AvgIpc) is 2.78. The van der Waals surface area contributed by atoms with Crippen LogP contribution in [-0.2, 0) is 4.79 Å². The zero-order valence-corrected chi connectivity index (χ0v) is 11.4. The average molecular weight is 260 g/mol. The van der Waals surface area contributed by atoms with Gasteiger partial charge in [-0.3, -0.25) is 0 Å². The summed E-state index contributed by atoms with van der Waals surface area (Å²) >= 11 is 0. The van der Waals surface area contributed by atoms with Crippen molar-refractivity contribution in [2.75, 3.05) is 4.90 Å². The van der Waals surface area contributed by atoms with Crippen LogP contribution in [0.15, 0.2) is 24.4 Å². The van der Waals surface area contributed by atoms with Gasteiger partial charge in [-0.1, -0.05) is 6.92 Å². The van der Waals surface area contributed by atoms with Crippen molar-refractivity contribution >= 4 is 17.9 Å². The number of carbonyl (C=O) groups is 1. The number of aromatic nitrogens is 1. The van der Waals surface area contributed by atoms with Crippen LogP contribution in [0, 0.1) is 0 Å². The van der Waals surface area contributed by atoms with Gasteiger partial charge in [0.2, 0.25) is 0 Å². The van der Waals surface area contributed by atoms with Crippen molar-refractivity contribution in [3.05, 3.63) is 30.0 Å². The number of carboxylic acids is 1. The lowest BCUT2D eigenvalue weighted by Gasteiger charge is -2.29. The van der Waals surface area contributed by atoms with E-state index >= 15 is 0 Å². The molecule has 1 N–H and O–H groups in total. The van der Waals surface area contributed by atoms with Gasteiger partial charge >= 0.3 is 5.97 Å². The largest absolute Gasteiger partial charge is 0.478 e. The predicted octanol–water partition coefficient (Wildman–Crippen LogP) is 2.95. The molecule has 1 fully saturated rings. The molecule has 0 bridgehead atoms. The Morgan fingerprint density at radius 3 is 2.89 bits per heavy atom. The molecule has 4 heteroatoms. The van der Waals surface area contributed by atoms with Crippen LogP contribution in [0.5, 0.6) is 0 Å². The van der Waals surface area contributed by atoms with Crippen LogP contribution in [0.2, 0.25) is 0 Å². The Bertz CT molecular complexity index is 468. The molecule has 1 aromatic heterocycles. The molecule has 4 nitrogen and oxygen atoms in total. The first-order valence-corrected chi connectivity index (χ1v) is 6.77. The van der Waals surface area contributed by atoms with Gasteiger partial charge in [-0.05, 0) is 50.0 Å². The fourth-order valence-electron chi connectivity index (χ4n) is 2.70. The Hall–Kier alpha value is -1.84. The first-order valence-electron chi connectivity index (χ1n) is 6.77. The molecule has 0 spiro atoms. The van der Waals surface area contributed by atoms with Crippen LogP contribution in [0.3, 0.4) is 0 Å². The maximum atomic E-state index is 10.5. The molecule has 102 valence electrons. The van der Waals surface area contributed by atoms with Crippen LogP contribution in [-0.4, -0.2) is 28.1 Å². The van der Waals surface area contributed by atoms with E-state index in [0.717, 1.165) is 23.9 Å². The Kier molecular flexibility index (Phi) is 4.20. The summed E-state index contributed by atoms with van der Waals surface area (Å²) in [7, 11) is 0. The molecule has 2 rings (SSSR count). The van der Waals surface area contributed by atoms with E-state index in [2.05, 4.69) is 23.7 Å². The Balaban J connectivity index is 2.15. The van der Waals surface area contributed by atoms with E-state index in [0.29, 0.717) is 12.1 Å². The molecule has 0 amide bonds. The van der Waals surface area contributed by atoms with Crippen LogP contribution in [0.4, 0.5) is 5.82 Å². The van der Waals surface area contributed by atoms with Crippen molar-refractivity contribution in [3.8, 4) is 0 Å². The highest BCUT2D eigenvalue weighted by Gasteiger charge is 2.29. The SMILES string of the molecule is CCC1CCC(C)N1c1ccc(/C=C/C(=O)O)cn1. The zero-order chi connectivity index (χ0) is 13.8. The number of pyridine rings is 1. The second-order valence-corrected chi connectivity index (χ2v) is 5.02. The summed E-state index contributed by atoms with van der Waals surface area (Å²) < 4.78 is 0. The van der Waals surface area contributed by atoms with Gasteiger partial charge in [-0.2, -0.15) is 0 Å². The van der Waals surface area contributed by atoms with Gasteiger partial charge in [-0.25, -0.2) is 9.78 Å². The number of aliphatic carboxylic acids is 1. The lowest BCUT2D eigenvalue weighted by Crippen LogP contribution is -2.34. The topological polar surface area (TPSA) is 53.4 Å². The molecule has 2 atom stereocenters. The summed E-state index contributed by atoms with van der Waals surface area (Å²) in [5.74, 6) is 0.0487. The minimum absolute atomic E-state index is 0.526. The molecule has 2 unspecified atom stereocenters. The Labute approximate surface area is 113 Å². The molecule has 0 aromatic carbocycles. The van der Waals surface area contributed by atoms with E-state index in [4.69, 9.17) is 5.11 Å². The van der Waals surface area contributed by atoms with Gasteiger partial charge in [0.05, 0.1) is 0 Å². The standard InChI is InChI=1S/C15H20N2O2/c1-3-13-7-4-11(2)17(13)14-8-5-12(10-16-14)6-9-15(18)19/h5-6,8-11,13H,3-4,7H2,1-2H3,(H,18,19)/b9-6+. The second kappa shape index (κ2) is 5.87. The summed E-state index contributed by atoms with van der Waals surface area (Å²) in [5, 5.41) is 8.59. The third kappa shape index (κ3) is 3.13. The molecule has 19 heavy (non-hydrogen) atoms. The summed E-state index contributed by atoms with van der Waals surface area (Å²) in [4.78, 5) is 17.3. The third-order valence-corrected chi connectivity index (χ3v) is 3.71. The number of hydrogen-bond donors (Lipinski definition) is 1. The van der Waals surface area contributed by atoms with E-state index in [-0.39, 0.29) is 0 Å². The van der Waals surface area contributed by atoms with Gasteiger partial charge in [0.1, 0.15) is 5.82 Å². The van der Waals surface area contributed by atoms with Crippen molar-refractivity contribution in [1.29, 1.82) is 0 Å². The normalized spacial score (nSPS) is 23.2. The minimum atomic E-state index is -0.941. The summed E-state index contributed by atoms with van der Waals surface area (Å²) in [6, 6.07) is 4.99. The molecule has 2 heterocycles. The lowest BCUT2D eigenvalue weighted by atomic mass is 10.1. The minimum Gasteiger partial charge on any atom is -0.478 e. The van der Waals surface area contributed by atoms with Crippen LogP contribution in [0.1, 0.15) is 38.7 Å². The quantitative estimate of drug-likeness (QED) is 0.846. The van der Waals surface area contributed by atoms with Crippen LogP contribution >= 0.6 is 0 Å². The second-order valence-electron chi connectivity index (χ2n) is 5.02. The van der Waals surface area contributed by atoms with E-state index in [1.54, 1.807) is 12.3 Å². The van der Waals surface area contributed by atoms with E-state index in [1.807, 2.05) is 12.1 Å². The summed E-state index contributed by atoms with van der Waals surface area (Å²) in [6.45, 7) is 4.44. The van der Waals surface area contributed by atoms with Gasteiger partial charge in [0.25, 0.3) is 0 Å². The molecule has 1 aliphatic heterocycles.